The lowest BCUT2D eigenvalue weighted by molar-refractivity contribution is 0.589. The smallest absolute Gasteiger partial charge is 0.0327 e. The van der Waals surface area contributed by atoms with E-state index in [0.717, 1.165) is 6.54 Å². The van der Waals surface area contributed by atoms with E-state index in [2.05, 4.69) is 45.9 Å². The van der Waals surface area contributed by atoms with Gasteiger partial charge in [0.25, 0.3) is 0 Å². The van der Waals surface area contributed by atoms with Gasteiger partial charge in [0, 0.05) is 22.4 Å². The first-order valence-corrected chi connectivity index (χ1v) is 5.37. The van der Waals surface area contributed by atoms with Gasteiger partial charge in [-0.1, -0.05) is 13.8 Å². The van der Waals surface area contributed by atoms with Crippen LogP contribution >= 0.6 is 27.3 Å². The van der Waals surface area contributed by atoms with Crippen LogP contribution < -0.4 is 5.32 Å². The fraction of sp³-hybridized carbons (Fsp3) is 0.500. The van der Waals surface area contributed by atoms with Crippen LogP contribution in [0.4, 0.5) is 0 Å². The van der Waals surface area contributed by atoms with Crippen molar-refractivity contribution >= 4 is 27.3 Å². The molecule has 0 bridgehead atoms. The Kier molecular flexibility index (Phi) is 3.55. The van der Waals surface area contributed by atoms with Crippen LogP contribution in [0, 0.1) is 0 Å². The minimum atomic E-state index is 0.557. The van der Waals surface area contributed by atoms with Gasteiger partial charge in [-0.2, -0.15) is 11.3 Å². The molecular weight excluding hydrogens is 222 g/mol. The van der Waals surface area contributed by atoms with E-state index in [9.17, 15) is 0 Å². The number of halogens is 1. The lowest BCUT2D eigenvalue weighted by atomic mass is 10.3. The molecule has 3 heteroatoms. The Morgan fingerprint density at radius 2 is 2.27 bits per heavy atom. The number of rotatable bonds is 3. The summed E-state index contributed by atoms with van der Waals surface area (Å²) in [6.07, 6.45) is 0. The van der Waals surface area contributed by atoms with E-state index >= 15 is 0 Å². The lowest BCUT2D eigenvalue weighted by Gasteiger charge is -2.06. The van der Waals surface area contributed by atoms with Crippen LogP contribution in [-0.2, 0) is 6.54 Å². The number of hydrogen-bond donors (Lipinski definition) is 1. The maximum atomic E-state index is 3.49. The molecule has 1 aromatic rings. The number of hydrogen-bond acceptors (Lipinski definition) is 2. The average Bonchev–Trinajstić information content (AvgIpc) is 2.31. The molecule has 0 unspecified atom stereocenters. The van der Waals surface area contributed by atoms with Gasteiger partial charge in [0.1, 0.15) is 0 Å². The first kappa shape index (κ1) is 9.23. The van der Waals surface area contributed by atoms with Crippen molar-refractivity contribution in [2.75, 3.05) is 0 Å². The van der Waals surface area contributed by atoms with Gasteiger partial charge in [-0.25, -0.2) is 0 Å². The SMILES string of the molecule is CC(C)NCc1cscc1Br. The highest BCUT2D eigenvalue weighted by atomic mass is 79.9. The third kappa shape index (κ3) is 2.93. The standard InChI is InChI=1S/C8H12BrNS/c1-6(2)10-3-7-4-11-5-8(7)9/h4-6,10H,3H2,1-2H3. The minimum Gasteiger partial charge on any atom is -0.310 e. The molecule has 0 saturated carbocycles. The molecule has 0 fully saturated rings. The third-order valence-corrected chi connectivity index (χ3v) is 3.22. The van der Waals surface area contributed by atoms with Crippen molar-refractivity contribution in [1.82, 2.24) is 5.32 Å². The van der Waals surface area contributed by atoms with Crippen molar-refractivity contribution in [3.05, 3.63) is 20.8 Å². The third-order valence-electron chi connectivity index (χ3n) is 1.39. The molecule has 0 radical (unpaired) electrons. The summed E-state index contributed by atoms with van der Waals surface area (Å²) in [7, 11) is 0. The van der Waals surface area contributed by atoms with Crippen molar-refractivity contribution in [1.29, 1.82) is 0 Å². The van der Waals surface area contributed by atoms with E-state index < -0.39 is 0 Å². The molecule has 11 heavy (non-hydrogen) atoms. The van der Waals surface area contributed by atoms with E-state index in [4.69, 9.17) is 0 Å². The highest BCUT2D eigenvalue weighted by molar-refractivity contribution is 9.10. The van der Waals surface area contributed by atoms with Gasteiger partial charge < -0.3 is 5.32 Å². The van der Waals surface area contributed by atoms with E-state index in [1.165, 1.54) is 10.0 Å². The van der Waals surface area contributed by atoms with Crippen LogP contribution in [0.15, 0.2) is 15.2 Å². The maximum Gasteiger partial charge on any atom is 0.0327 e. The highest BCUT2D eigenvalue weighted by Gasteiger charge is 2.00. The summed E-state index contributed by atoms with van der Waals surface area (Å²) in [5, 5.41) is 7.64. The summed E-state index contributed by atoms with van der Waals surface area (Å²) in [4.78, 5) is 0. The normalized spacial score (nSPS) is 10.9. The summed E-state index contributed by atoms with van der Waals surface area (Å²) in [5.74, 6) is 0. The van der Waals surface area contributed by atoms with Crippen LogP contribution in [0.1, 0.15) is 19.4 Å². The van der Waals surface area contributed by atoms with E-state index in [1.54, 1.807) is 11.3 Å². The fourth-order valence-corrected chi connectivity index (χ4v) is 2.19. The van der Waals surface area contributed by atoms with Crippen LogP contribution in [0.5, 0.6) is 0 Å². The quantitative estimate of drug-likeness (QED) is 0.847. The first-order valence-electron chi connectivity index (χ1n) is 3.64. The predicted molar refractivity (Wildman–Crippen MR) is 54.0 cm³/mol. The molecule has 0 aromatic carbocycles. The monoisotopic (exact) mass is 233 g/mol. The number of nitrogens with one attached hydrogen (secondary N) is 1. The molecule has 1 heterocycles. The van der Waals surface area contributed by atoms with Crippen LogP contribution in [-0.4, -0.2) is 6.04 Å². The highest BCUT2D eigenvalue weighted by Crippen LogP contribution is 2.20. The van der Waals surface area contributed by atoms with Gasteiger partial charge in [-0.3, -0.25) is 0 Å². The van der Waals surface area contributed by atoms with Crippen molar-refractivity contribution in [2.45, 2.75) is 26.4 Å². The zero-order chi connectivity index (χ0) is 8.27. The van der Waals surface area contributed by atoms with Crippen molar-refractivity contribution in [3.63, 3.8) is 0 Å². The molecule has 62 valence electrons. The second-order valence-corrected chi connectivity index (χ2v) is 4.38. The molecule has 0 amide bonds. The van der Waals surface area contributed by atoms with Gasteiger partial charge in [-0.15, -0.1) is 0 Å². The first-order chi connectivity index (χ1) is 5.20. The second-order valence-electron chi connectivity index (χ2n) is 2.78. The predicted octanol–water partition coefficient (Wildman–Crippen LogP) is 3.01. The van der Waals surface area contributed by atoms with E-state index in [1.807, 2.05) is 0 Å². The summed E-state index contributed by atoms with van der Waals surface area (Å²) in [6, 6.07) is 0.557. The van der Waals surface area contributed by atoms with E-state index in [-0.39, 0.29) is 0 Å². The fourth-order valence-electron chi connectivity index (χ4n) is 0.748. The van der Waals surface area contributed by atoms with Gasteiger partial charge in [0.05, 0.1) is 0 Å². The molecule has 1 N–H and O–H groups in total. The summed E-state index contributed by atoms with van der Waals surface area (Å²) < 4.78 is 1.22. The van der Waals surface area contributed by atoms with Gasteiger partial charge in [-0.05, 0) is 26.9 Å². The van der Waals surface area contributed by atoms with Crippen LogP contribution in [0.25, 0.3) is 0 Å². The maximum absolute atomic E-state index is 3.49. The Bertz CT molecular complexity index is 220. The van der Waals surface area contributed by atoms with E-state index in [0.29, 0.717) is 6.04 Å². The summed E-state index contributed by atoms with van der Waals surface area (Å²) in [5.41, 5.74) is 1.35. The molecule has 0 aliphatic carbocycles. The molecule has 0 saturated heterocycles. The van der Waals surface area contributed by atoms with Crippen molar-refractivity contribution in [3.8, 4) is 0 Å². The second kappa shape index (κ2) is 4.24. The largest absolute Gasteiger partial charge is 0.310 e. The van der Waals surface area contributed by atoms with Gasteiger partial charge >= 0.3 is 0 Å². The Morgan fingerprint density at radius 3 is 2.73 bits per heavy atom. The Hall–Kier alpha value is 0.140. The molecule has 0 spiro atoms. The molecule has 1 nitrogen and oxygen atoms in total. The molecule has 0 aliphatic rings. The summed E-state index contributed by atoms with van der Waals surface area (Å²) >= 11 is 5.22. The molecule has 0 atom stereocenters. The average molecular weight is 234 g/mol. The van der Waals surface area contributed by atoms with Crippen molar-refractivity contribution in [2.24, 2.45) is 0 Å². The number of thiophene rings is 1. The Labute approximate surface area is 79.9 Å². The zero-order valence-corrected chi connectivity index (χ0v) is 9.13. The van der Waals surface area contributed by atoms with Crippen LogP contribution in [0.2, 0.25) is 0 Å². The topological polar surface area (TPSA) is 12.0 Å². The zero-order valence-electron chi connectivity index (χ0n) is 6.73. The van der Waals surface area contributed by atoms with Crippen molar-refractivity contribution < 1.29 is 0 Å². The Balaban J connectivity index is 2.44. The molecule has 1 rings (SSSR count). The molecule has 0 aliphatic heterocycles. The molecule has 1 aromatic heterocycles. The summed E-state index contributed by atoms with van der Waals surface area (Å²) in [6.45, 7) is 5.27. The van der Waals surface area contributed by atoms with Gasteiger partial charge in [0.15, 0.2) is 0 Å². The minimum absolute atomic E-state index is 0.557. The Morgan fingerprint density at radius 1 is 1.55 bits per heavy atom. The lowest BCUT2D eigenvalue weighted by Crippen LogP contribution is -2.21. The molecular formula is C8H12BrNS. The van der Waals surface area contributed by atoms with Gasteiger partial charge in [0.2, 0.25) is 0 Å². The van der Waals surface area contributed by atoms with Crippen LogP contribution in [0.3, 0.4) is 0 Å².